The minimum atomic E-state index is -4.54. The highest BCUT2D eigenvalue weighted by atomic mass is 19.4. The van der Waals surface area contributed by atoms with Crippen LogP contribution in [0.15, 0.2) is 6.20 Å². The number of nitrogens with zero attached hydrogens (tertiary/aromatic N) is 2. The zero-order chi connectivity index (χ0) is 10.9. The normalized spacial score (nSPS) is 14.4. The van der Waals surface area contributed by atoms with Crippen molar-refractivity contribution in [3.05, 3.63) is 17.5 Å². The molecular formula is C7H10F3N3O. The highest BCUT2D eigenvalue weighted by molar-refractivity contribution is 5.23. The molecule has 0 unspecified atom stereocenters. The fraction of sp³-hybridized carbons (Fsp3) is 0.571. The average Bonchev–Trinajstić information content (AvgIpc) is 2.45. The van der Waals surface area contributed by atoms with Crippen molar-refractivity contribution < 1.29 is 18.3 Å². The second kappa shape index (κ2) is 3.58. The molecule has 0 radical (unpaired) electrons. The van der Waals surface area contributed by atoms with E-state index in [0.717, 1.165) is 10.9 Å². The summed E-state index contributed by atoms with van der Waals surface area (Å²) in [5, 5.41) is 11.9. The lowest BCUT2D eigenvalue weighted by Gasteiger charge is -2.09. The molecule has 0 aromatic carbocycles. The summed E-state index contributed by atoms with van der Waals surface area (Å²) < 4.78 is 38.1. The van der Waals surface area contributed by atoms with Crippen molar-refractivity contribution in [2.45, 2.75) is 12.2 Å². The lowest BCUT2D eigenvalue weighted by atomic mass is 10.1. The SMILES string of the molecule is Cn1cc([C@@H](N)CO)c(C(F)(F)F)n1. The van der Waals surface area contributed by atoms with Gasteiger partial charge in [-0.1, -0.05) is 0 Å². The van der Waals surface area contributed by atoms with E-state index in [1.165, 1.54) is 7.05 Å². The van der Waals surface area contributed by atoms with Gasteiger partial charge in [0.2, 0.25) is 0 Å². The Morgan fingerprint density at radius 3 is 2.64 bits per heavy atom. The lowest BCUT2D eigenvalue weighted by Crippen LogP contribution is -2.19. The molecule has 1 heterocycles. The van der Waals surface area contributed by atoms with Crippen molar-refractivity contribution in [3.8, 4) is 0 Å². The molecular weight excluding hydrogens is 199 g/mol. The van der Waals surface area contributed by atoms with E-state index >= 15 is 0 Å². The van der Waals surface area contributed by atoms with Crippen LogP contribution in [0, 0.1) is 0 Å². The zero-order valence-corrected chi connectivity index (χ0v) is 7.41. The summed E-state index contributed by atoms with van der Waals surface area (Å²) in [5.74, 6) is 0. The molecule has 1 atom stereocenters. The first kappa shape index (κ1) is 11.0. The Bertz CT molecular complexity index is 320. The Balaban J connectivity index is 3.16. The summed E-state index contributed by atoms with van der Waals surface area (Å²) in [7, 11) is 1.36. The van der Waals surface area contributed by atoms with Crippen molar-refractivity contribution in [1.82, 2.24) is 9.78 Å². The number of aromatic nitrogens is 2. The third kappa shape index (κ3) is 2.05. The Morgan fingerprint density at radius 1 is 1.64 bits per heavy atom. The van der Waals surface area contributed by atoms with Crippen LogP contribution >= 0.6 is 0 Å². The van der Waals surface area contributed by atoms with Gasteiger partial charge in [-0.25, -0.2) is 0 Å². The fourth-order valence-electron chi connectivity index (χ4n) is 1.10. The second-order valence-corrected chi connectivity index (χ2v) is 2.89. The third-order valence-electron chi connectivity index (χ3n) is 1.72. The highest BCUT2D eigenvalue weighted by Gasteiger charge is 2.38. The van der Waals surface area contributed by atoms with Gasteiger partial charge < -0.3 is 10.8 Å². The van der Waals surface area contributed by atoms with Crippen LogP contribution in [0.5, 0.6) is 0 Å². The molecule has 1 aromatic heterocycles. The van der Waals surface area contributed by atoms with Crippen LogP contribution in [-0.2, 0) is 13.2 Å². The number of aryl methyl sites for hydroxylation is 1. The number of hydrogen-bond acceptors (Lipinski definition) is 3. The smallest absolute Gasteiger partial charge is 0.394 e. The first-order valence-electron chi connectivity index (χ1n) is 3.83. The van der Waals surface area contributed by atoms with Crippen LogP contribution in [-0.4, -0.2) is 21.5 Å². The van der Waals surface area contributed by atoms with E-state index < -0.39 is 24.5 Å². The van der Waals surface area contributed by atoms with Crippen molar-refractivity contribution in [1.29, 1.82) is 0 Å². The van der Waals surface area contributed by atoms with Gasteiger partial charge in [0.05, 0.1) is 12.6 Å². The molecule has 4 nitrogen and oxygen atoms in total. The number of nitrogens with two attached hydrogens (primary N) is 1. The molecule has 0 bridgehead atoms. The van der Waals surface area contributed by atoms with Gasteiger partial charge in [0.1, 0.15) is 0 Å². The van der Waals surface area contributed by atoms with Gasteiger partial charge >= 0.3 is 6.18 Å². The minimum Gasteiger partial charge on any atom is -0.394 e. The van der Waals surface area contributed by atoms with Crippen molar-refractivity contribution in [2.75, 3.05) is 6.61 Å². The molecule has 80 valence electrons. The van der Waals surface area contributed by atoms with E-state index in [-0.39, 0.29) is 5.56 Å². The monoisotopic (exact) mass is 209 g/mol. The molecule has 0 saturated heterocycles. The van der Waals surface area contributed by atoms with E-state index in [1.54, 1.807) is 0 Å². The number of hydrogen-bond donors (Lipinski definition) is 2. The van der Waals surface area contributed by atoms with Gasteiger partial charge in [0.15, 0.2) is 5.69 Å². The molecule has 0 aliphatic heterocycles. The van der Waals surface area contributed by atoms with E-state index in [9.17, 15) is 13.2 Å². The number of halogens is 3. The Morgan fingerprint density at radius 2 is 2.21 bits per heavy atom. The number of aliphatic hydroxyl groups excluding tert-OH is 1. The first-order chi connectivity index (χ1) is 6.36. The molecule has 0 fully saturated rings. The van der Waals surface area contributed by atoms with E-state index in [0.29, 0.717) is 0 Å². The summed E-state index contributed by atoms with van der Waals surface area (Å²) in [6.07, 6.45) is -3.38. The van der Waals surface area contributed by atoms with Crippen molar-refractivity contribution in [3.63, 3.8) is 0 Å². The zero-order valence-electron chi connectivity index (χ0n) is 7.41. The molecule has 7 heteroatoms. The molecule has 1 aromatic rings. The summed E-state index contributed by atoms with van der Waals surface area (Å²) >= 11 is 0. The van der Waals surface area contributed by atoms with Gasteiger partial charge in [0, 0.05) is 18.8 Å². The Hall–Kier alpha value is -1.08. The number of aliphatic hydroxyl groups is 1. The molecule has 0 amide bonds. The summed E-state index contributed by atoms with van der Waals surface area (Å²) in [4.78, 5) is 0. The van der Waals surface area contributed by atoms with Gasteiger partial charge in [0.25, 0.3) is 0 Å². The number of alkyl halides is 3. The molecule has 0 saturated carbocycles. The van der Waals surface area contributed by atoms with Crippen LogP contribution in [0.1, 0.15) is 17.3 Å². The van der Waals surface area contributed by atoms with Crippen LogP contribution in [0.25, 0.3) is 0 Å². The maximum absolute atomic E-state index is 12.3. The number of rotatable bonds is 2. The topological polar surface area (TPSA) is 64.1 Å². The molecule has 3 N–H and O–H groups in total. The summed E-state index contributed by atoms with van der Waals surface area (Å²) in [5.41, 5.74) is 4.07. The molecule has 1 rings (SSSR count). The molecule has 0 aliphatic rings. The summed E-state index contributed by atoms with van der Waals surface area (Å²) in [6, 6.07) is -1.06. The second-order valence-electron chi connectivity index (χ2n) is 2.89. The molecule has 0 spiro atoms. The molecule has 14 heavy (non-hydrogen) atoms. The van der Waals surface area contributed by atoms with Crippen LogP contribution in [0.3, 0.4) is 0 Å². The lowest BCUT2D eigenvalue weighted by molar-refractivity contribution is -0.142. The van der Waals surface area contributed by atoms with Crippen LogP contribution in [0.2, 0.25) is 0 Å². The highest BCUT2D eigenvalue weighted by Crippen LogP contribution is 2.32. The van der Waals surface area contributed by atoms with E-state index in [4.69, 9.17) is 10.8 Å². The predicted octanol–water partition coefficient (Wildman–Crippen LogP) is 0.431. The quantitative estimate of drug-likeness (QED) is 0.742. The van der Waals surface area contributed by atoms with Gasteiger partial charge in [-0.15, -0.1) is 0 Å². The fourth-order valence-corrected chi connectivity index (χ4v) is 1.10. The van der Waals surface area contributed by atoms with Gasteiger partial charge in [-0.3, -0.25) is 4.68 Å². The van der Waals surface area contributed by atoms with E-state index in [2.05, 4.69) is 5.10 Å². The first-order valence-corrected chi connectivity index (χ1v) is 3.83. The summed E-state index contributed by atoms with van der Waals surface area (Å²) in [6.45, 7) is -0.547. The van der Waals surface area contributed by atoms with Gasteiger partial charge in [-0.05, 0) is 0 Å². The van der Waals surface area contributed by atoms with Gasteiger partial charge in [-0.2, -0.15) is 18.3 Å². The standard InChI is InChI=1S/C7H10F3N3O/c1-13-2-4(5(11)3-14)6(12-13)7(8,9)10/h2,5,14H,3,11H2,1H3/t5-/m0/s1. The maximum Gasteiger partial charge on any atom is 0.435 e. The maximum atomic E-state index is 12.3. The van der Waals surface area contributed by atoms with E-state index in [1.807, 2.05) is 0 Å². The molecule has 0 aliphatic carbocycles. The average molecular weight is 209 g/mol. The van der Waals surface area contributed by atoms with Crippen molar-refractivity contribution in [2.24, 2.45) is 12.8 Å². The van der Waals surface area contributed by atoms with Crippen molar-refractivity contribution >= 4 is 0 Å². The van der Waals surface area contributed by atoms with Crippen LogP contribution < -0.4 is 5.73 Å². The Labute approximate surface area is 78.1 Å². The predicted molar refractivity (Wildman–Crippen MR) is 42.2 cm³/mol. The third-order valence-corrected chi connectivity index (χ3v) is 1.72. The Kier molecular flexibility index (Phi) is 2.81. The largest absolute Gasteiger partial charge is 0.435 e. The minimum absolute atomic E-state index is 0.192. The van der Waals surface area contributed by atoms with Crippen LogP contribution in [0.4, 0.5) is 13.2 Å².